The average Bonchev–Trinajstić information content (AvgIpc) is 3.36. The molecule has 3 heterocycles. The number of rotatable bonds is 5. The van der Waals surface area contributed by atoms with Crippen LogP contribution in [0, 0.1) is 0 Å². The van der Waals surface area contributed by atoms with Gasteiger partial charge < -0.3 is 25.1 Å². The van der Waals surface area contributed by atoms with Gasteiger partial charge >= 0.3 is 6.18 Å². The monoisotopic (exact) mass is 511 g/mol. The SMILES string of the molecule is COc1ccc(-c2nc(C(=O)N3CCNC(c4ccccc4)C3)c(CN)o2)c2ccc(C(F)(F)F)nc12. The number of nitrogens with one attached hydrogen (secondary N) is 1. The summed E-state index contributed by atoms with van der Waals surface area (Å²) in [7, 11) is 1.35. The summed E-state index contributed by atoms with van der Waals surface area (Å²) in [6.45, 7) is 1.44. The van der Waals surface area contributed by atoms with E-state index < -0.39 is 11.9 Å². The number of hydrogen-bond acceptors (Lipinski definition) is 7. The second-order valence-electron chi connectivity index (χ2n) is 8.57. The molecule has 2 aromatic carbocycles. The molecule has 3 N–H and O–H groups in total. The number of fused-ring (bicyclic) bond motifs is 1. The first kappa shape index (κ1) is 24.7. The third-order valence-electron chi connectivity index (χ3n) is 6.31. The smallest absolute Gasteiger partial charge is 0.433 e. The van der Waals surface area contributed by atoms with Crippen molar-refractivity contribution < 1.29 is 27.1 Å². The highest BCUT2D eigenvalue weighted by Gasteiger charge is 2.34. The molecule has 0 aliphatic carbocycles. The van der Waals surface area contributed by atoms with Gasteiger partial charge in [0.2, 0.25) is 5.89 Å². The molecule has 1 unspecified atom stereocenters. The lowest BCUT2D eigenvalue weighted by molar-refractivity contribution is -0.140. The number of methoxy groups -OCH3 is 1. The van der Waals surface area contributed by atoms with E-state index in [2.05, 4.69) is 15.3 Å². The van der Waals surface area contributed by atoms with Crippen molar-refractivity contribution in [1.82, 2.24) is 20.2 Å². The number of halogens is 3. The standard InChI is InChI=1S/C26H24F3N5O3/c1-36-19-9-7-17(16-8-10-21(26(27,28)29)32-22(16)19)24-33-23(20(13-30)37-24)25(35)34-12-11-31-18(14-34)15-5-3-2-4-6-15/h2-10,18,31H,11-14,30H2,1H3. The number of carbonyl (C=O) groups is 1. The van der Waals surface area contributed by atoms with Crippen LogP contribution in [0.5, 0.6) is 5.75 Å². The summed E-state index contributed by atoms with van der Waals surface area (Å²) in [4.78, 5) is 23.4. The van der Waals surface area contributed by atoms with Crippen LogP contribution >= 0.6 is 0 Å². The summed E-state index contributed by atoms with van der Waals surface area (Å²) in [5.74, 6) is 0.0964. The number of hydrogen-bond donors (Lipinski definition) is 2. The molecule has 5 rings (SSSR count). The normalized spacial score (nSPS) is 16.2. The molecule has 0 spiro atoms. The van der Waals surface area contributed by atoms with Crippen LogP contribution < -0.4 is 15.8 Å². The predicted octanol–water partition coefficient (Wildman–Crippen LogP) is 4.16. The molecule has 11 heteroatoms. The Bertz CT molecular complexity index is 1440. The van der Waals surface area contributed by atoms with Crippen molar-refractivity contribution in [2.75, 3.05) is 26.7 Å². The van der Waals surface area contributed by atoms with Crippen LogP contribution in [0.15, 0.2) is 59.0 Å². The highest BCUT2D eigenvalue weighted by molar-refractivity contribution is 5.98. The summed E-state index contributed by atoms with van der Waals surface area (Å²) in [5, 5.41) is 3.75. The Labute approximate surface area is 210 Å². The van der Waals surface area contributed by atoms with Gasteiger partial charge in [0.1, 0.15) is 17.0 Å². The van der Waals surface area contributed by atoms with Crippen LogP contribution in [0.3, 0.4) is 0 Å². The molecule has 1 aliphatic heterocycles. The predicted molar refractivity (Wildman–Crippen MR) is 130 cm³/mol. The summed E-state index contributed by atoms with van der Waals surface area (Å²) in [5.41, 5.74) is 6.35. The maximum absolute atomic E-state index is 13.5. The van der Waals surface area contributed by atoms with Gasteiger partial charge in [-0.2, -0.15) is 13.2 Å². The van der Waals surface area contributed by atoms with Crippen molar-refractivity contribution in [2.24, 2.45) is 5.73 Å². The number of alkyl halides is 3. The van der Waals surface area contributed by atoms with Crippen molar-refractivity contribution in [2.45, 2.75) is 18.8 Å². The molecule has 2 aromatic heterocycles. The molecule has 8 nitrogen and oxygen atoms in total. The molecular weight excluding hydrogens is 487 g/mol. The number of aromatic nitrogens is 2. The van der Waals surface area contributed by atoms with E-state index in [1.165, 1.54) is 19.2 Å². The summed E-state index contributed by atoms with van der Waals surface area (Å²) in [6.07, 6.45) is -4.62. The quantitative estimate of drug-likeness (QED) is 0.414. The average molecular weight is 512 g/mol. The molecule has 1 aliphatic rings. The highest BCUT2D eigenvalue weighted by Crippen LogP contribution is 2.37. The molecule has 0 saturated carbocycles. The van der Waals surface area contributed by atoms with E-state index in [1.807, 2.05) is 30.3 Å². The molecule has 1 atom stereocenters. The number of nitrogens with two attached hydrogens (primary N) is 1. The number of amides is 1. The topological polar surface area (TPSA) is 107 Å². The number of benzene rings is 2. The van der Waals surface area contributed by atoms with Gasteiger partial charge in [0.15, 0.2) is 11.5 Å². The fraction of sp³-hybridized carbons (Fsp3) is 0.269. The highest BCUT2D eigenvalue weighted by atomic mass is 19.4. The molecule has 1 saturated heterocycles. The second kappa shape index (κ2) is 9.83. The number of nitrogens with zero attached hydrogens (tertiary/aromatic N) is 3. The van der Waals surface area contributed by atoms with Crippen LogP contribution in [-0.2, 0) is 12.7 Å². The first-order chi connectivity index (χ1) is 17.8. The van der Waals surface area contributed by atoms with E-state index in [0.29, 0.717) is 30.6 Å². The number of pyridine rings is 1. The molecule has 4 aromatic rings. The zero-order chi connectivity index (χ0) is 26.2. The molecule has 192 valence electrons. The van der Waals surface area contributed by atoms with E-state index in [9.17, 15) is 18.0 Å². The molecular formula is C26H24F3N5O3. The third-order valence-corrected chi connectivity index (χ3v) is 6.31. The molecule has 0 radical (unpaired) electrons. The minimum atomic E-state index is -4.62. The Morgan fingerprint density at radius 2 is 1.95 bits per heavy atom. The van der Waals surface area contributed by atoms with Gasteiger partial charge in [-0.25, -0.2) is 9.97 Å². The number of ether oxygens (including phenoxy) is 1. The molecule has 0 bridgehead atoms. The summed E-state index contributed by atoms with van der Waals surface area (Å²) >= 11 is 0. The second-order valence-corrected chi connectivity index (χ2v) is 8.57. The van der Waals surface area contributed by atoms with Gasteiger partial charge in [-0.3, -0.25) is 4.79 Å². The van der Waals surface area contributed by atoms with Gasteiger partial charge in [-0.15, -0.1) is 0 Å². The van der Waals surface area contributed by atoms with E-state index in [1.54, 1.807) is 11.0 Å². The van der Waals surface area contributed by atoms with Gasteiger partial charge in [0.05, 0.1) is 13.7 Å². The maximum Gasteiger partial charge on any atom is 0.433 e. The van der Waals surface area contributed by atoms with Gasteiger partial charge in [-0.05, 0) is 29.8 Å². The Kier molecular flexibility index (Phi) is 6.57. The molecule has 1 amide bonds. The molecule has 37 heavy (non-hydrogen) atoms. The van der Waals surface area contributed by atoms with Crippen LogP contribution in [0.1, 0.15) is 33.5 Å². The Hall–Kier alpha value is -3.96. The van der Waals surface area contributed by atoms with Crippen molar-refractivity contribution in [3.63, 3.8) is 0 Å². The minimum Gasteiger partial charge on any atom is -0.494 e. The van der Waals surface area contributed by atoms with Crippen molar-refractivity contribution in [1.29, 1.82) is 0 Å². The zero-order valence-corrected chi connectivity index (χ0v) is 19.9. The van der Waals surface area contributed by atoms with E-state index >= 15 is 0 Å². The van der Waals surface area contributed by atoms with Gasteiger partial charge in [0.25, 0.3) is 5.91 Å². The van der Waals surface area contributed by atoms with Gasteiger partial charge in [0, 0.05) is 36.6 Å². The summed E-state index contributed by atoms with van der Waals surface area (Å²) in [6, 6.07) is 15.0. The van der Waals surface area contributed by atoms with Crippen LogP contribution in [0.25, 0.3) is 22.4 Å². The minimum absolute atomic E-state index is 0.00279. The lowest BCUT2D eigenvalue weighted by Gasteiger charge is -2.33. The van der Waals surface area contributed by atoms with Crippen molar-refractivity contribution >= 4 is 16.8 Å². The van der Waals surface area contributed by atoms with Gasteiger partial charge in [-0.1, -0.05) is 30.3 Å². The lowest BCUT2D eigenvalue weighted by Crippen LogP contribution is -2.48. The van der Waals surface area contributed by atoms with Crippen LogP contribution in [0.2, 0.25) is 0 Å². The van der Waals surface area contributed by atoms with E-state index in [0.717, 1.165) is 11.6 Å². The maximum atomic E-state index is 13.5. The Morgan fingerprint density at radius 1 is 1.16 bits per heavy atom. The number of oxazole rings is 1. The largest absolute Gasteiger partial charge is 0.494 e. The number of piperazine rings is 1. The fourth-order valence-electron chi connectivity index (χ4n) is 4.47. The van der Waals surface area contributed by atoms with Crippen LogP contribution in [0.4, 0.5) is 13.2 Å². The summed E-state index contributed by atoms with van der Waals surface area (Å²) < 4.78 is 50.9. The van der Waals surface area contributed by atoms with E-state index in [4.69, 9.17) is 14.9 Å². The van der Waals surface area contributed by atoms with E-state index in [-0.39, 0.29) is 47.1 Å². The Morgan fingerprint density at radius 3 is 2.65 bits per heavy atom. The van der Waals surface area contributed by atoms with Crippen molar-refractivity contribution in [3.05, 3.63) is 77.3 Å². The zero-order valence-electron chi connectivity index (χ0n) is 19.9. The lowest BCUT2D eigenvalue weighted by atomic mass is 10.0. The molecule has 1 fully saturated rings. The first-order valence-electron chi connectivity index (χ1n) is 11.6. The van der Waals surface area contributed by atoms with Crippen molar-refractivity contribution in [3.8, 4) is 17.2 Å². The third kappa shape index (κ3) is 4.75. The fourth-order valence-corrected chi connectivity index (χ4v) is 4.47. The van der Waals surface area contributed by atoms with Crippen LogP contribution in [-0.4, -0.2) is 47.5 Å². The Balaban J connectivity index is 1.51. The first-order valence-corrected chi connectivity index (χ1v) is 11.6. The number of carbonyl (C=O) groups excluding carboxylic acids is 1.